The van der Waals surface area contributed by atoms with Gasteiger partial charge in [0.1, 0.15) is 36.1 Å². The number of anilines is 1. The van der Waals surface area contributed by atoms with Crippen LogP contribution in [0.4, 0.5) is 23.4 Å². The molecule has 0 saturated carbocycles. The zero-order valence-electron chi connectivity index (χ0n) is 31.2. The van der Waals surface area contributed by atoms with E-state index in [2.05, 4.69) is 44.9 Å². The van der Waals surface area contributed by atoms with Crippen molar-refractivity contribution >= 4 is 27.5 Å². The van der Waals surface area contributed by atoms with Crippen LogP contribution in [0, 0.1) is 24.0 Å². The third kappa shape index (κ3) is 6.16. The Morgan fingerprint density at radius 1 is 1.00 bits per heavy atom. The number of terminal acetylenes is 1. The Bertz CT molecular complexity index is 2370. The molecular weight excluding hydrogens is 725 g/mol. The molecule has 56 heavy (non-hydrogen) atoms. The molecule has 1 N–H and O–H groups in total. The van der Waals surface area contributed by atoms with Gasteiger partial charge in [-0.05, 0) is 76.8 Å². The monoisotopic (exact) mass is 766 g/mol. The number of pyridine rings is 1. The first-order chi connectivity index (χ1) is 27.2. The number of nitrogens with zero attached hydrogens (tertiary/aromatic N) is 7. The van der Waals surface area contributed by atoms with E-state index in [1.165, 1.54) is 18.5 Å². The Kier molecular flexibility index (Phi) is 9.40. The largest absolute Gasteiger partial charge is 0.475 e. The summed E-state index contributed by atoms with van der Waals surface area (Å²) in [5.74, 6) is 1.69. The van der Waals surface area contributed by atoms with Gasteiger partial charge in [-0.3, -0.25) is 4.90 Å². The molecule has 4 aliphatic heterocycles. The molecule has 3 saturated heterocycles. The third-order valence-corrected chi connectivity index (χ3v) is 12.2. The standard InChI is InChI=1S/C42H42F4N8O2/c1-4-27-29(43)13-12-25-8-5-9-28(32(25)27)35-34(44)36-33-30(50-35)10-6-11-31-24(3)49-23(2)20-53(31)39(33)52-41(51-36)56-22-42-15-7-19-54(42)26(14-16-42)21-55-40-37(38(45)46)47-17-18-48-40/h1,5,8-9,12-13,17-18,23-24,26,31,38,49H,6-7,10-11,14-16,19-22H2,2-3H3/t23-,24+,26+,31-,42+/m1/s1. The minimum Gasteiger partial charge on any atom is -0.475 e. The number of aromatic nitrogens is 5. The number of halogens is 4. The second-order valence-electron chi connectivity index (χ2n) is 15.6. The van der Waals surface area contributed by atoms with Crippen LogP contribution in [0.5, 0.6) is 11.9 Å². The van der Waals surface area contributed by atoms with Gasteiger partial charge in [0, 0.05) is 54.1 Å². The highest BCUT2D eigenvalue weighted by Gasteiger charge is 2.50. The first kappa shape index (κ1) is 36.5. The van der Waals surface area contributed by atoms with Crippen molar-refractivity contribution in [2.45, 2.75) is 94.9 Å². The van der Waals surface area contributed by atoms with Gasteiger partial charge in [0.2, 0.25) is 5.88 Å². The van der Waals surface area contributed by atoms with Crippen molar-refractivity contribution in [3.05, 3.63) is 71.3 Å². The number of piperazine rings is 1. The Labute approximate surface area is 322 Å². The number of aryl methyl sites for hydroxylation is 1. The molecule has 4 aliphatic rings. The second kappa shape index (κ2) is 14.4. The fourth-order valence-electron chi connectivity index (χ4n) is 9.73. The van der Waals surface area contributed by atoms with E-state index in [4.69, 9.17) is 30.8 Å². The lowest BCUT2D eigenvalue weighted by molar-refractivity contribution is 0.0661. The Hall–Kier alpha value is -5.13. The van der Waals surface area contributed by atoms with Crippen molar-refractivity contribution in [3.8, 4) is 35.5 Å². The lowest BCUT2D eigenvalue weighted by Gasteiger charge is -2.45. The summed E-state index contributed by atoms with van der Waals surface area (Å²) in [4.78, 5) is 27.2. The lowest BCUT2D eigenvalue weighted by atomic mass is 9.92. The highest BCUT2D eigenvalue weighted by molar-refractivity contribution is 6.02. The number of rotatable bonds is 8. The van der Waals surface area contributed by atoms with Crippen LogP contribution in [0.15, 0.2) is 42.7 Å². The van der Waals surface area contributed by atoms with Crippen LogP contribution < -0.4 is 19.7 Å². The highest BCUT2D eigenvalue weighted by Crippen LogP contribution is 2.44. The summed E-state index contributed by atoms with van der Waals surface area (Å²) in [5.41, 5.74) is 0.414. The molecule has 9 rings (SSSR count). The zero-order chi connectivity index (χ0) is 38.7. The molecule has 0 unspecified atom stereocenters. The maximum absolute atomic E-state index is 17.4. The number of benzene rings is 2. The van der Waals surface area contributed by atoms with Crippen LogP contribution in [0.25, 0.3) is 32.9 Å². The van der Waals surface area contributed by atoms with E-state index >= 15 is 8.78 Å². The van der Waals surface area contributed by atoms with Gasteiger partial charge >= 0.3 is 6.01 Å². The predicted octanol–water partition coefficient (Wildman–Crippen LogP) is 7.18. The Morgan fingerprint density at radius 3 is 2.70 bits per heavy atom. The van der Waals surface area contributed by atoms with Crippen LogP contribution in [0.1, 0.15) is 75.7 Å². The van der Waals surface area contributed by atoms with E-state index in [1.807, 2.05) is 6.07 Å². The minimum atomic E-state index is -2.80. The summed E-state index contributed by atoms with van der Waals surface area (Å²) in [6, 6.07) is 8.70. The fraction of sp³-hybridized carbons (Fsp3) is 0.452. The summed E-state index contributed by atoms with van der Waals surface area (Å²) in [6.45, 7) is 6.17. The number of nitrogens with one attached hydrogen (secondary N) is 1. The normalized spacial score (nSPS) is 24.9. The topological polar surface area (TPSA) is 101 Å². The average molecular weight is 767 g/mol. The fourth-order valence-corrected chi connectivity index (χ4v) is 9.73. The highest BCUT2D eigenvalue weighted by atomic mass is 19.3. The molecular formula is C42H42F4N8O2. The Balaban J connectivity index is 1.11. The van der Waals surface area contributed by atoms with Gasteiger partial charge in [0.05, 0.1) is 22.2 Å². The molecule has 0 radical (unpaired) electrons. The first-order valence-electron chi connectivity index (χ1n) is 19.4. The van der Waals surface area contributed by atoms with Crippen molar-refractivity contribution in [2.24, 2.45) is 0 Å². The van der Waals surface area contributed by atoms with Crippen molar-refractivity contribution in [1.82, 2.24) is 35.1 Å². The summed E-state index contributed by atoms with van der Waals surface area (Å²) < 4.78 is 72.0. The molecule has 5 aromatic rings. The van der Waals surface area contributed by atoms with Crippen molar-refractivity contribution in [3.63, 3.8) is 0 Å². The summed E-state index contributed by atoms with van der Waals surface area (Å²) >= 11 is 0. The van der Waals surface area contributed by atoms with E-state index in [-0.39, 0.29) is 71.6 Å². The average Bonchev–Trinajstić information content (AvgIpc) is 3.76. The molecule has 2 aromatic carbocycles. The minimum absolute atomic E-state index is 0.0452. The Morgan fingerprint density at radius 2 is 1.86 bits per heavy atom. The molecule has 5 atom stereocenters. The number of hydrogen-bond donors (Lipinski definition) is 1. The van der Waals surface area contributed by atoms with Crippen molar-refractivity contribution < 1.29 is 27.0 Å². The SMILES string of the molecule is C#Cc1c(F)ccc2cccc(-c3nc4c5c(nc(OC[C@@]67CCCN6[C@H](COc6nccnc6C(F)F)CC7)nc5c3F)N3C[C@@H](C)N[C@@H](C)[C@H]3CCC4)c12. The van der Waals surface area contributed by atoms with Crippen molar-refractivity contribution in [2.75, 3.05) is 31.2 Å². The molecule has 0 spiro atoms. The first-order valence-corrected chi connectivity index (χ1v) is 19.4. The van der Waals surface area contributed by atoms with Crippen LogP contribution in [-0.2, 0) is 6.42 Å². The van der Waals surface area contributed by atoms with E-state index in [0.29, 0.717) is 46.2 Å². The summed E-state index contributed by atoms with van der Waals surface area (Å²) in [6.07, 6.45) is 11.2. The van der Waals surface area contributed by atoms with Gasteiger partial charge in [0.25, 0.3) is 6.43 Å². The molecule has 3 aromatic heterocycles. The predicted molar refractivity (Wildman–Crippen MR) is 204 cm³/mol. The molecule has 7 heterocycles. The lowest BCUT2D eigenvalue weighted by Crippen LogP contribution is -2.61. The number of ether oxygens (including phenoxy) is 2. The quantitative estimate of drug-likeness (QED) is 0.129. The van der Waals surface area contributed by atoms with Gasteiger partial charge in [0.15, 0.2) is 11.5 Å². The van der Waals surface area contributed by atoms with Crippen molar-refractivity contribution in [1.29, 1.82) is 0 Å². The molecule has 14 heteroatoms. The van der Waals surface area contributed by atoms with Gasteiger partial charge in [-0.1, -0.05) is 30.2 Å². The van der Waals surface area contributed by atoms with Gasteiger partial charge in [-0.2, -0.15) is 9.97 Å². The second-order valence-corrected chi connectivity index (χ2v) is 15.6. The van der Waals surface area contributed by atoms with Crippen LogP contribution in [0.2, 0.25) is 0 Å². The molecule has 290 valence electrons. The molecule has 0 bridgehead atoms. The molecule has 0 aliphatic carbocycles. The van der Waals surface area contributed by atoms with Gasteiger partial charge in [-0.15, -0.1) is 6.42 Å². The number of hydrogen-bond acceptors (Lipinski definition) is 10. The zero-order valence-corrected chi connectivity index (χ0v) is 31.2. The summed E-state index contributed by atoms with van der Waals surface area (Å²) in [7, 11) is 0. The number of alkyl halides is 2. The van der Waals surface area contributed by atoms with E-state index in [9.17, 15) is 8.78 Å². The van der Waals surface area contributed by atoms with Crippen LogP contribution in [-0.4, -0.2) is 85.8 Å². The van der Waals surface area contributed by atoms with E-state index < -0.39 is 23.8 Å². The molecule has 10 nitrogen and oxygen atoms in total. The smallest absolute Gasteiger partial charge is 0.319 e. The summed E-state index contributed by atoms with van der Waals surface area (Å²) in [5, 5.41) is 5.32. The van der Waals surface area contributed by atoms with Gasteiger partial charge < -0.3 is 19.7 Å². The van der Waals surface area contributed by atoms with E-state index in [0.717, 1.165) is 45.1 Å². The number of fused-ring (bicyclic) bond motifs is 4. The maximum Gasteiger partial charge on any atom is 0.319 e. The molecule has 0 amide bonds. The van der Waals surface area contributed by atoms with E-state index in [1.54, 1.807) is 18.2 Å². The van der Waals surface area contributed by atoms with Gasteiger partial charge in [-0.25, -0.2) is 32.5 Å². The maximum atomic E-state index is 17.4. The molecule has 3 fully saturated rings. The van der Waals surface area contributed by atoms with Crippen LogP contribution in [0.3, 0.4) is 0 Å². The van der Waals surface area contributed by atoms with Crippen LogP contribution >= 0.6 is 0 Å². The third-order valence-electron chi connectivity index (χ3n) is 12.2.